The van der Waals surface area contributed by atoms with Crippen molar-refractivity contribution in [1.82, 2.24) is 25.4 Å². The molecule has 0 unspecified atom stereocenters. The summed E-state index contributed by atoms with van der Waals surface area (Å²) < 4.78 is 6.62. The summed E-state index contributed by atoms with van der Waals surface area (Å²) in [7, 11) is 0. The van der Waals surface area contributed by atoms with Crippen molar-refractivity contribution in [1.29, 1.82) is 0 Å². The molecule has 10 nitrogen and oxygen atoms in total. The minimum Gasteiger partial charge on any atom is -0.444 e. The van der Waals surface area contributed by atoms with Crippen LogP contribution in [-0.2, 0) is 35.5 Å². The highest BCUT2D eigenvalue weighted by Gasteiger charge is 2.16. The van der Waals surface area contributed by atoms with Gasteiger partial charge in [0.25, 0.3) is 5.56 Å². The SMILES string of the molecule is Cc1cnn(CCNc2cccnc2)c(=O)c1CC(=O)NCc1cc(Cl)ccc1CCNC(=O)OC(C)(C)C. The van der Waals surface area contributed by atoms with Gasteiger partial charge < -0.3 is 20.7 Å². The molecule has 0 aliphatic rings. The highest BCUT2D eigenvalue weighted by molar-refractivity contribution is 6.30. The molecule has 3 aromatic rings. The molecule has 0 saturated heterocycles. The predicted molar refractivity (Wildman–Crippen MR) is 151 cm³/mol. The molecule has 0 aliphatic heterocycles. The summed E-state index contributed by atoms with van der Waals surface area (Å²) in [5, 5.41) is 13.6. The molecular formula is C28H35ClN6O4. The minimum absolute atomic E-state index is 0.0701. The van der Waals surface area contributed by atoms with E-state index in [4.69, 9.17) is 16.3 Å². The Bertz CT molecular complexity index is 1340. The van der Waals surface area contributed by atoms with E-state index in [0.29, 0.717) is 42.2 Å². The average Bonchev–Trinajstić information content (AvgIpc) is 2.87. The van der Waals surface area contributed by atoms with Gasteiger partial charge in [-0.1, -0.05) is 17.7 Å². The largest absolute Gasteiger partial charge is 0.444 e. The number of hydrogen-bond acceptors (Lipinski definition) is 7. The summed E-state index contributed by atoms with van der Waals surface area (Å²) >= 11 is 6.20. The maximum Gasteiger partial charge on any atom is 0.407 e. The first-order valence-electron chi connectivity index (χ1n) is 12.7. The van der Waals surface area contributed by atoms with Crippen LogP contribution in [0.4, 0.5) is 10.5 Å². The molecule has 3 N–H and O–H groups in total. The Balaban J connectivity index is 1.57. The van der Waals surface area contributed by atoms with E-state index in [1.807, 2.05) is 18.2 Å². The fourth-order valence-corrected chi connectivity index (χ4v) is 3.99. The van der Waals surface area contributed by atoms with E-state index in [2.05, 4.69) is 26.0 Å². The molecule has 2 aromatic heterocycles. The summed E-state index contributed by atoms with van der Waals surface area (Å²) in [5.74, 6) is -0.292. The molecule has 3 rings (SSSR count). The standard InChI is InChI=1S/C28H35ClN6O4/c1-19-16-34-35(13-12-31-23-6-5-10-30-18-23)26(37)24(19)15-25(36)33-17-21-14-22(29)8-7-20(21)9-11-32-27(38)39-28(2,3)4/h5-8,10,14,16,18,31H,9,11-13,15,17H2,1-4H3,(H,32,38)(H,33,36). The number of ether oxygens (including phenoxy) is 1. The summed E-state index contributed by atoms with van der Waals surface area (Å²) in [6, 6.07) is 9.12. The fraction of sp³-hybridized carbons (Fsp3) is 0.393. The van der Waals surface area contributed by atoms with Gasteiger partial charge in [-0.15, -0.1) is 0 Å². The Morgan fingerprint density at radius 3 is 2.59 bits per heavy atom. The molecular weight excluding hydrogens is 520 g/mol. The molecule has 0 aliphatic carbocycles. The number of carbonyl (C=O) groups excluding carboxylic acids is 2. The van der Waals surface area contributed by atoms with Crippen LogP contribution in [0.25, 0.3) is 0 Å². The number of nitrogens with one attached hydrogen (secondary N) is 3. The van der Waals surface area contributed by atoms with Crippen molar-refractivity contribution < 1.29 is 14.3 Å². The van der Waals surface area contributed by atoms with E-state index < -0.39 is 11.7 Å². The van der Waals surface area contributed by atoms with Crippen LogP contribution in [0, 0.1) is 6.92 Å². The number of pyridine rings is 1. The Morgan fingerprint density at radius 1 is 1.08 bits per heavy atom. The molecule has 208 valence electrons. The third-order valence-electron chi connectivity index (χ3n) is 5.72. The fourth-order valence-electron chi connectivity index (χ4n) is 3.79. The number of benzene rings is 1. The van der Waals surface area contributed by atoms with E-state index >= 15 is 0 Å². The van der Waals surface area contributed by atoms with Gasteiger partial charge >= 0.3 is 6.09 Å². The number of aryl methyl sites for hydroxylation is 1. The van der Waals surface area contributed by atoms with Crippen LogP contribution in [-0.4, -0.2) is 45.5 Å². The third-order valence-corrected chi connectivity index (χ3v) is 5.95. The lowest BCUT2D eigenvalue weighted by atomic mass is 10.0. The molecule has 0 spiro atoms. The number of nitrogens with zero attached hydrogens (tertiary/aromatic N) is 3. The second-order valence-electron chi connectivity index (χ2n) is 10.0. The first kappa shape index (κ1) is 29.6. The highest BCUT2D eigenvalue weighted by Crippen LogP contribution is 2.17. The number of carbonyl (C=O) groups is 2. The Morgan fingerprint density at radius 2 is 1.87 bits per heavy atom. The maximum atomic E-state index is 13.0. The molecule has 0 bridgehead atoms. The lowest BCUT2D eigenvalue weighted by molar-refractivity contribution is -0.120. The maximum absolute atomic E-state index is 13.0. The number of anilines is 1. The molecule has 11 heteroatoms. The molecule has 0 saturated carbocycles. The van der Waals surface area contributed by atoms with Crippen molar-refractivity contribution in [3.8, 4) is 0 Å². The third kappa shape index (κ3) is 9.72. The molecule has 2 amide bonds. The lowest BCUT2D eigenvalue weighted by Gasteiger charge is -2.20. The first-order valence-corrected chi connectivity index (χ1v) is 13.1. The first-order chi connectivity index (χ1) is 18.5. The Hall–Kier alpha value is -3.92. The number of hydrogen-bond donors (Lipinski definition) is 3. The van der Waals surface area contributed by atoms with Crippen molar-refractivity contribution in [3.05, 3.63) is 86.6 Å². The summed E-state index contributed by atoms with van der Waals surface area (Å²) in [6.45, 7) is 8.59. The van der Waals surface area contributed by atoms with E-state index in [1.165, 1.54) is 4.68 Å². The van der Waals surface area contributed by atoms with Crippen molar-refractivity contribution >= 4 is 29.3 Å². The monoisotopic (exact) mass is 554 g/mol. The molecule has 0 fully saturated rings. The number of amides is 2. The predicted octanol–water partition coefficient (Wildman–Crippen LogP) is 3.64. The second kappa shape index (κ2) is 13.7. The van der Waals surface area contributed by atoms with Crippen molar-refractivity contribution in [2.24, 2.45) is 0 Å². The molecule has 2 heterocycles. The van der Waals surface area contributed by atoms with Gasteiger partial charge in [-0.25, -0.2) is 9.48 Å². The smallest absolute Gasteiger partial charge is 0.407 e. The molecule has 0 radical (unpaired) electrons. The number of aromatic nitrogens is 3. The Labute approximate surface area is 233 Å². The van der Waals surface area contributed by atoms with Gasteiger partial charge in [0, 0.05) is 42.6 Å². The highest BCUT2D eigenvalue weighted by atomic mass is 35.5. The van der Waals surface area contributed by atoms with Crippen LogP contribution in [0.15, 0.2) is 53.7 Å². The molecule has 1 aromatic carbocycles. The van der Waals surface area contributed by atoms with Crippen LogP contribution in [0.5, 0.6) is 0 Å². The lowest BCUT2D eigenvalue weighted by Crippen LogP contribution is -2.34. The van der Waals surface area contributed by atoms with Crippen LogP contribution >= 0.6 is 11.6 Å². The zero-order valence-electron chi connectivity index (χ0n) is 22.7. The van der Waals surface area contributed by atoms with Gasteiger partial charge in [0.05, 0.1) is 24.8 Å². The van der Waals surface area contributed by atoms with Gasteiger partial charge in [-0.3, -0.25) is 14.6 Å². The van der Waals surface area contributed by atoms with Crippen LogP contribution in [0.3, 0.4) is 0 Å². The Kier molecular flexibility index (Phi) is 10.4. The van der Waals surface area contributed by atoms with Crippen LogP contribution < -0.4 is 21.5 Å². The van der Waals surface area contributed by atoms with Gasteiger partial charge in [0.2, 0.25) is 5.91 Å². The quantitative estimate of drug-likeness (QED) is 0.330. The zero-order chi connectivity index (χ0) is 28.4. The van der Waals surface area contributed by atoms with E-state index in [1.54, 1.807) is 58.4 Å². The summed E-state index contributed by atoms with van der Waals surface area (Å²) in [5.41, 5.74) is 2.78. The van der Waals surface area contributed by atoms with E-state index in [0.717, 1.165) is 16.8 Å². The van der Waals surface area contributed by atoms with E-state index in [-0.39, 0.29) is 24.4 Å². The second-order valence-corrected chi connectivity index (χ2v) is 10.5. The van der Waals surface area contributed by atoms with Crippen molar-refractivity contribution in [2.45, 2.75) is 59.2 Å². The topological polar surface area (TPSA) is 127 Å². The van der Waals surface area contributed by atoms with E-state index in [9.17, 15) is 14.4 Å². The molecule has 0 atom stereocenters. The zero-order valence-corrected chi connectivity index (χ0v) is 23.5. The van der Waals surface area contributed by atoms with Gasteiger partial charge in [-0.2, -0.15) is 5.10 Å². The number of rotatable bonds is 11. The van der Waals surface area contributed by atoms with Crippen molar-refractivity contribution in [3.63, 3.8) is 0 Å². The summed E-state index contributed by atoms with van der Waals surface area (Å²) in [4.78, 5) is 41.8. The molecule has 39 heavy (non-hydrogen) atoms. The van der Waals surface area contributed by atoms with Crippen LogP contribution in [0.2, 0.25) is 5.02 Å². The number of alkyl carbamates (subject to hydrolysis) is 1. The van der Waals surface area contributed by atoms with Gasteiger partial charge in [0.15, 0.2) is 0 Å². The van der Waals surface area contributed by atoms with Crippen molar-refractivity contribution in [2.75, 3.05) is 18.4 Å². The summed E-state index contributed by atoms with van der Waals surface area (Å²) in [6.07, 6.45) is 4.95. The number of halogens is 1. The van der Waals surface area contributed by atoms with Gasteiger partial charge in [-0.05, 0) is 75.1 Å². The average molecular weight is 555 g/mol. The normalized spacial score (nSPS) is 11.1. The minimum atomic E-state index is -0.576. The van der Waals surface area contributed by atoms with Crippen LogP contribution in [0.1, 0.15) is 43.0 Å². The van der Waals surface area contributed by atoms with Gasteiger partial charge in [0.1, 0.15) is 5.60 Å².